The van der Waals surface area contributed by atoms with E-state index in [1.807, 2.05) is 32.0 Å². The number of aliphatic hydroxyl groups excluding tert-OH is 2. The summed E-state index contributed by atoms with van der Waals surface area (Å²) < 4.78 is 7.68. The Hall–Kier alpha value is -1.68. The Balaban J connectivity index is 2.40. The van der Waals surface area contributed by atoms with Crippen molar-refractivity contribution >= 4 is 35.7 Å². The Morgan fingerprint density at radius 3 is 2.39 bits per heavy atom. The van der Waals surface area contributed by atoms with Crippen molar-refractivity contribution in [3.63, 3.8) is 0 Å². The minimum absolute atomic E-state index is 0.0987. The first-order valence-corrected chi connectivity index (χ1v) is 19.9. The Morgan fingerprint density at radius 2 is 1.82 bits per heavy atom. The Labute approximate surface area is 271 Å². The predicted octanol–water partition coefficient (Wildman–Crippen LogP) is 8.83. The SMILES string of the molecule is C=CC[C@@H](C(=O)C(C)(C)[C@@H](O)CC(O)(O[Si](C)(C)C(C)(C)C)c1ccc2sc(C)nc2c1)[C@@H](O)[C@@H](C)CCCC(C)=CCC. The van der Waals surface area contributed by atoms with Gasteiger partial charge < -0.3 is 19.7 Å². The van der Waals surface area contributed by atoms with Crippen LogP contribution in [0, 0.1) is 24.2 Å². The van der Waals surface area contributed by atoms with E-state index in [2.05, 4.69) is 65.4 Å². The molecule has 0 aliphatic heterocycles. The molecular weight excluding hydrogens is 587 g/mol. The normalized spacial score (nSPS) is 17.6. The van der Waals surface area contributed by atoms with Crippen molar-refractivity contribution < 1.29 is 24.5 Å². The van der Waals surface area contributed by atoms with Gasteiger partial charge in [0, 0.05) is 23.3 Å². The number of thiazole rings is 1. The summed E-state index contributed by atoms with van der Waals surface area (Å²) in [6.45, 7) is 25.8. The highest BCUT2D eigenvalue weighted by Gasteiger charge is 2.50. The Bertz CT molecular complexity index is 1290. The summed E-state index contributed by atoms with van der Waals surface area (Å²) in [4.78, 5) is 18.8. The van der Waals surface area contributed by atoms with Crippen LogP contribution >= 0.6 is 11.3 Å². The summed E-state index contributed by atoms with van der Waals surface area (Å²) in [5, 5.41) is 36.2. The van der Waals surface area contributed by atoms with E-state index in [-0.39, 0.29) is 23.2 Å². The number of aliphatic hydroxyl groups is 3. The first kappa shape index (κ1) is 38.5. The zero-order chi connectivity index (χ0) is 33.7. The number of benzene rings is 1. The molecule has 0 saturated carbocycles. The molecule has 8 heteroatoms. The number of hydrogen-bond acceptors (Lipinski definition) is 7. The maximum atomic E-state index is 14.2. The van der Waals surface area contributed by atoms with Crippen molar-refractivity contribution in [3.05, 3.63) is 53.1 Å². The topological polar surface area (TPSA) is 99.9 Å². The maximum Gasteiger partial charge on any atom is 0.196 e. The van der Waals surface area contributed by atoms with Crippen LogP contribution in [0.1, 0.15) is 104 Å². The third-order valence-corrected chi connectivity index (χ3v) is 15.1. The van der Waals surface area contributed by atoms with Crippen LogP contribution < -0.4 is 0 Å². The quantitative estimate of drug-likeness (QED) is 0.0903. The highest BCUT2D eigenvalue weighted by molar-refractivity contribution is 7.18. The number of nitrogens with zero attached hydrogens (tertiary/aromatic N) is 1. The number of fused-ring (bicyclic) bond motifs is 1. The van der Waals surface area contributed by atoms with Gasteiger partial charge in [-0.05, 0) is 82.1 Å². The molecule has 0 aliphatic carbocycles. The average molecular weight is 646 g/mol. The van der Waals surface area contributed by atoms with Crippen LogP contribution in [0.2, 0.25) is 18.1 Å². The Kier molecular flexibility index (Phi) is 13.4. The maximum absolute atomic E-state index is 14.2. The molecule has 2 rings (SSSR count). The molecule has 5 atom stereocenters. The zero-order valence-corrected chi connectivity index (χ0v) is 31.0. The number of hydrogen-bond donors (Lipinski definition) is 3. The summed E-state index contributed by atoms with van der Waals surface area (Å²) in [7, 11) is -2.55. The highest BCUT2D eigenvalue weighted by atomic mass is 32.1. The van der Waals surface area contributed by atoms with E-state index >= 15 is 0 Å². The van der Waals surface area contributed by atoms with Crippen molar-refractivity contribution in [3.8, 4) is 0 Å². The molecule has 0 aliphatic rings. The molecule has 6 nitrogen and oxygen atoms in total. The van der Waals surface area contributed by atoms with Gasteiger partial charge in [-0.25, -0.2) is 4.98 Å². The van der Waals surface area contributed by atoms with Gasteiger partial charge >= 0.3 is 0 Å². The van der Waals surface area contributed by atoms with Gasteiger partial charge in [-0.2, -0.15) is 0 Å². The van der Waals surface area contributed by atoms with E-state index in [9.17, 15) is 20.1 Å². The second-order valence-electron chi connectivity index (χ2n) is 14.8. The minimum atomic E-state index is -2.55. The number of rotatable bonds is 17. The van der Waals surface area contributed by atoms with Crippen LogP contribution in [0.3, 0.4) is 0 Å². The van der Waals surface area contributed by atoms with Crippen LogP contribution in [-0.4, -0.2) is 46.6 Å². The highest BCUT2D eigenvalue weighted by Crippen LogP contribution is 2.45. The molecule has 1 heterocycles. The largest absolute Gasteiger partial charge is 0.392 e. The van der Waals surface area contributed by atoms with Gasteiger partial charge in [0.05, 0.1) is 27.4 Å². The number of Topliss-reactive ketones (excluding diaryl/α,β-unsaturated/α-hetero) is 1. The molecule has 248 valence electrons. The molecular formula is C36H59NO5SSi. The summed E-state index contributed by atoms with van der Waals surface area (Å²) in [5.41, 5.74) is 1.33. The second kappa shape index (κ2) is 15.3. The lowest BCUT2D eigenvalue weighted by Crippen LogP contribution is -2.52. The van der Waals surface area contributed by atoms with Crippen LogP contribution in [-0.2, 0) is 15.0 Å². The van der Waals surface area contributed by atoms with Crippen molar-refractivity contribution in [1.82, 2.24) is 4.98 Å². The third-order valence-electron chi connectivity index (χ3n) is 9.65. The van der Waals surface area contributed by atoms with Crippen LogP contribution in [0.5, 0.6) is 0 Å². The molecule has 0 spiro atoms. The van der Waals surface area contributed by atoms with Crippen LogP contribution in [0.4, 0.5) is 0 Å². The van der Waals surface area contributed by atoms with Crippen LogP contribution in [0.15, 0.2) is 42.5 Å². The summed E-state index contributed by atoms with van der Waals surface area (Å²) in [6, 6.07) is 5.59. The van der Waals surface area contributed by atoms with E-state index in [0.717, 1.165) is 40.9 Å². The van der Waals surface area contributed by atoms with Gasteiger partial charge in [0.15, 0.2) is 14.1 Å². The van der Waals surface area contributed by atoms with Crippen molar-refractivity contribution in [1.29, 1.82) is 0 Å². The monoisotopic (exact) mass is 645 g/mol. The number of carbonyl (C=O) groups is 1. The molecule has 0 saturated heterocycles. The summed E-state index contributed by atoms with van der Waals surface area (Å²) in [5.74, 6) is -2.91. The molecule has 0 radical (unpaired) electrons. The average Bonchev–Trinajstić information content (AvgIpc) is 3.29. The fraction of sp³-hybridized carbons (Fsp3) is 0.667. The number of carbonyl (C=O) groups excluding carboxylic acids is 1. The number of ketones is 1. The van der Waals surface area contributed by atoms with E-state index < -0.39 is 37.6 Å². The van der Waals surface area contributed by atoms with Crippen molar-refractivity contribution in [2.75, 3.05) is 0 Å². The van der Waals surface area contributed by atoms with E-state index in [0.29, 0.717) is 12.0 Å². The minimum Gasteiger partial charge on any atom is -0.392 e. The fourth-order valence-corrected chi connectivity index (χ4v) is 7.70. The predicted molar refractivity (Wildman–Crippen MR) is 187 cm³/mol. The van der Waals surface area contributed by atoms with Crippen molar-refractivity contribution in [2.45, 2.75) is 137 Å². The molecule has 2 aromatic rings. The first-order valence-electron chi connectivity index (χ1n) is 16.2. The molecule has 44 heavy (non-hydrogen) atoms. The third kappa shape index (κ3) is 9.43. The molecule has 0 amide bonds. The van der Waals surface area contributed by atoms with Gasteiger partial charge in [-0.1, -0.05) is 72.3 Å². The Morgan fingerprint density at radius 1 is 1.18 bits per heavy atom. The van der Waals surface area contributed by atoms with Crippen molar-refractivity contribution in [2.24, 2.45) is 17.3 Å². The molecule has 1 aromatic heterocycles. The van der Waals surface area contributed by atoms with E-state index in [1.54, 1.807) is 31.3 Å². The first-order chi connectivity index (χ1) is 20.2. The van der Waals surface area contributed by atoms with Gasteiger partial charge in [-0.3, -0.25) is 4.79 Å². The molecule has 1 unspecified atom stereocenters. The lowest BCUT2D eigenvalue weighted by atomic mass is 9.70. The number of aromatic nitrogens is 1. The summed E-state index contributed by atoms with van der Waals surface area (Å²) in [6.07, 6.45) is 5.55. The smallest absolute Gasteiger partial charge is 0.196 e. The van der Waals surface area contributed by atoms with Gasteiger partial charge in [0.2, 0.25) is 0 Å². The standard InChI is InChI=1S/C36H59NO5SSi/c1-13-16-24(3)18-15-19-25(4)32(39)28(17-14-2)33(40)35(9,10)31(38)23-36(41,42-44(11,12)34(6,7)8)27-20-21-30-29(22-27)37-26(5)43-30/h14,16,20-22,25,28,31-32,38-39,41H,2,13,15,17-19,23H2,1,3-12H3/t25-,28+,31-,32-,36?/m0/s1. The lowest BCUT2D eigenvalue weighted by molar-refractivity contribution is -0.189. The zero-order valence-electron chi connectivity index (χ0n) is 29.2. The van der Waals surface area contributed by atoms with Crippen LogP contribution in [0.25, 0.3) is 10.2 Å². The molecule has 0 fully saturated rings. The van der Waals surface area contributed by atoms with Gasteiger partial charge in [0.1, 0.15) is 5.78 Å². The second-order valence-corrected chi connectivity index (χ2v) is 20.8. The summed E-state index contributed by atoms with van der Waals surface area (Å²) >= 11 is 1.58. The number of allylic oxidation sites excluding steroid dienone is 3. The fourth-order valence-electron chi connectivity index (χ4n) is 5.54. The molecule has 1 aromatic carbocycles. The molecule has 0 bridgehead atoms. The lowest BCUT2D eigenvalue weighted by Gasteiger charge is -2.45. The van der Waals surface area contributed by atoms with Gasteiger partial charge in [-0.15, -0.1) is 17.9 Å². The van der Waals surface area contributed by atoms with Gasteiger partial charge in [0.25, 0.3) is 0 Å². The van der Waals surface area contributed by atoms with E-state index in [4.69, 9.17) is 4.43 Å². The molecule has 3 N–H and O–H groups in total. The van der Waals surface area contributed by atoms with E-state index in [1.165, 1.54) is 5.57 Å². The number of aryl methyl sites for hydroxylation is 1.